The molecule has 0 aliphatic rings. The summed E-state index contributed by atoms with van der Waals surface area (Å²) in [4.78, 5) is 11.6. The number of carbonyl (C=O) groups is 1. The van der Waals surface area contributed by atoms with Crippen LogP contribution in [0.2, 0.25) is 0 Å². The quantitative estimate of drug-likeness (QED) is 0.668. The lowest BCUT2D eigenvalue weighted by molar-refractivity contribution is -0.116. The molecule has 0 heterocycles. The van der Waals surface area contributed by atoms with Crippen LogP contribution in [0.4, 0.5) is 0 Å². The predicted octanol–water partition coefficient (Wildman–Crippen LogP) is 2.87. The molecule has 2 aromatic rings. The summed E-state index contributed by atoms with van der Waals surface area (Å²) in [6, 6.07) is 19.4. The molecule has 0 aliphatic carbocycles. The molecule has 2 nitrogen and oxygen atoms in total. The fourth-order valence-corrected chi connectivity index (χ4v) is 1.59. The highest BCUT2D eigenvalue weighted by molar-refractivity contribution is 5.91. The highest BCUT2D eigenvalue weighted by Gasteiger charge is 1.91. The average molecular weight is 261 g/mol. The van der Waals surface area contributed by atoms with E-state index < -0.39 is 0 Å². The SMILES string of the molecule is O=C(C=Cc1ccccc1)NCC#Cc1ccccc1. The molecule has 0 aliphatic heterocycles. The van der Waals surface area contributed by atoms with Crippen molar-refractivity contribution < 1.29 is 4.79 Å². The zero-order chi connectivity index (χ0) is 14.0. The molecule has 98 valence electrons. The van der Waals surface area contributed by atoms with E-state index in [-0.39, 0.29) is 5.91 Å². The van der Waals surface area contributed by atoms with Gasteiger partial charge in [0.1, 0.15) is 0 Å². The van der Waals surface area contributed by atoms with Gasteiger partial charge in [-0.15, -0.1) is 0 Å². The van der Waals surface area contributed by atoms with Gasteiger partial charge in [-0.3, -0.25) is 4.79 Å². The van der Waals surface area contributed by atoms with Gasteiger partial charge in [-0.2, -0.15) is 0 Å². The Morgan fingerprint density at radius 2 is 1.65 bits per heavy atom. The molecule has 0 unspecified atom stereocenters. The van der Waals surface area contributed by atoms with Gasteiger partial charge in [0.2, 0.25) is 5.91 Å². The molecule has 2 rings (SSSR count). The average Bonchev–Trinajstić information content (AvgIpc) is 2.52. The van der Waals surface area contributed by atoms with Gasteiger partial charge < -0.3 is 5.32 Å². The largest absolute Gasteiger partial charge is 0.342 e. The van der Waals surface area contributed by atoms with E-state index in [9.17, 15) is 4.79 Å². The van der Waals surface area contributed by atoms with E-state index in [2.05, 4.69) is 17.2 Å². The lowest BCUT2D eigenvalue weighted by Gasteiger charge is -1.95. The molecule has 1 N–H and O–H groups in total. The van der Waals surface area contributed by atoms with Crippen LogP contribution >= 0.6 is 0 Å². The molecule has 0 bridgehead atoms. The highest BCUT2D eigenvalue weighted by atomic mass is 16.1. The second-order valence-electron chi connectivity index (χ2n) is 4.13. The summed E-state index contributed by atoms with van der Waals surface area (Å²) in [6.45, 7) is 0.340. The van der Waals surface area contributed by atoms with E-state index >= 15 is 0 Å². The van der Waals surface area contributed by atoms with Gasteiger partial charge >= 0.3 is 0 Å². The van der Waals surface area contributed by atoms with E-state index in [1.54, 1.807) is 6.08 Å². The van der Waals surface area contributed by atoms with E-state index in [0.29, 0.717) is 6.54 Å². The van der Waals surface area contributed by atoms with Crippen LogP contribution in [-0.2, 0) is 4.79 Å². The van der Waals surface area contributed by atoms with Crippen molar-refractivity contribution in [3.05, 3.63) is 77.9 Å². The van der Waals surface area contributed by atoms with Crippen LogP contribution < -0.4 is 5.32 Å². The standard InChI is InChI=1S/C18H15NO/c20-18(14-13-17-10-5-2-6-11-17)19-15-7-12-16-8-3-1-4-9-16/h1-6,8-11,13-14H,15H2,(H,19,20). The molecule has 2 aromatic carbocycles. The van der Waals surface area contributed by atoms with Crippen LogP contribution in [0, 0.1) is 11.8 Å². The maximum absolute atomic E-state index is 11.6. The number of hydrogen-bond donors (Lipinski definition) is 1. The smallest absolute Gasteiger partial charge is 0.244 e. The molecular weight excluding hydrogens is 246 g/mol. The first-order valence-corrected chi connectivity index (χ1v) is 6.39. The number of benzene rings is 2. The number of nitrogens with one attached hydrogen (secondary N) is 1. The van der Waals surface area contributed by atoms with Gasteiger partial charge in [0.15, 0.2) is 0 Å². The maximum Gasteiger partial charge on any atom is 0.244 e. The van der Waals surface area contributed by atoms with Crippen LogP contribution in [0.5, 0.6) is 0 Å². The first kappa shape index (κ1) is 13.6. The molecule has 2 heteroatoms. The van der Waals surface area contributed by atoms with Gasteiger partial charge in [-0.1, -0.05) is 60.4 Å². The van der Waals surface area contributed by atoms with Crippen LogP contribution in [0.15, 0.2) is 66.7 Å². The van der Waals surface area contributed by atoms with Crippen molar-refractivity contribution in [2.24, 2.45) is 0 Å². The van der Waals surface area contributed by atoms with Crippen LogP contribution in [0.1, 0.15) is 11.1 Å². The molecule has 20 heavy (non-hydrogen) atoms. The zero-order valence-electron chi connectivity index (χ0n) is 11.0. The Balaban J connectivity index is 1.79. The molecule has 1 amide bonds. The fourth-order valence-electron chi connectivity index (χ4n) is 1.59. The van der Waals surface area contributed by atoms with Crippen molar-refractivity contribution in [2.75, 3.05) is 6.54 Å². The van der Waals surface area contributed by atoms with Crippen molar-refractivity contribution in [3.63, 3.8) is 0 Å². The van der Waals surface area contributed by atoms with E-state index in [1.165, 1.54) is 6.08 Å². The lowest BCUT2D eigenvalue weighted by atomic mass is 10.2. The van der Waals surface area contributed by atoms with Gasteiger partial charge in [-0.05, 0) is 23.8 Å². The number of hydrogen-bond acceptors (Lipinski definition) is 1. The van der Waals surface area contributed by atoms with Crippen molar-refractivity contribution in [3.8, 4) is 11.8 Å². The Labute approximate surface area is 119 Å². The van der Waals surface area contributed by atoms with Crippen molar-refractivity contribution in [1.29, 1.82) is 0 Å². The number of rotatable bonds is 3. The minimum absolute atomic E-state index is 0.142. The van der Waals surface area contributed by atoms with Gasteiger partial charge in [-0.25, -0.2) is 0 Å². The van der Waals surface area contributed by atoms with E-state index in [0.717, 1.165) is 11.1 Å². The summed E-state index contributed by atoms with van der Waals surface area (Å²) < 4.78 is 0. The van der Waals surface area contributed by atoms with Gasteiger partial charge in [0.25, 0.3) is 0 Å². The molecule has 0 fully saturated rings. The summed E-state index contributed by atoms with van der Waals surface area (Å²) in [7, 11) is 0. The van der Waals surface area contributed by atoms with E-state index in [1.807, 2.05) is 60.7 Å². The topological polar surface area (TPSA) is 29.1 Å². The maximum atomic E-state index is 11.6. The summed E-state index contributed by atoms with van der Waals surface area (Å²) in [5, 5.41) is 2.72. The van der Waals surface area contributed by atoms with Gasteiger partial charge in [0, 0.05) is 11.6 Å². The summed E-state index contributed by atoms with van der Waals surface area (Å²) in [6.07, 6.45) is 3.29. The van der Waals surface area contributed by atoms with Crippen LogP contribution in [-0.4, -0.2) is 12.5 Å². The Bertz CT molecular complexity index is 633. The number of carbonyl (C=O) groups excluding carboxylic acids is 1. The Hall–Kier alpha value is -2.79. The van der Waals surface area contributed by atoms with Crippen molar-refractivity contribution in [2.45, 2.75) is 0 Å². The lowest BCUT2D eigenvalue weighted by Crippen LogP contribution is -2.20. The Kier molecular flexibility index (Phi) is 5.18. The molecule has 0 radical (unpaired) electrons. The molecule has 0 atom stereocenters. The second-order valence-corrected chi connectivity index (χ2v) is 4.13. The third-order valence-corrected chi connectivity index (χ3v) is 2.58. The van der Waals surface area contributed by atoms with Crippen molar-refractivity contribution >= 4 is 12.0 Å². The minimum atomic E-state index is -0.142. The summed E-state index contributed by atoms with van der Waals surface area (Å²) in [5.41, 5.74) is 1.94. The monoisotopic (exact) mass is 261 g/mol. The Morgan fingerprint density at radius 3 is 2.35 bits per heavy atom. The molecular formula is C18H15NO. The van der Waals surface area contributed by atoms with Crippen LogP contribution in [0.3, 0.4) is 0 Å². The molecule has 0 spiro atoms. The summed E-state index contributed by atoms with van der Waals surface area (Å²) in [5.74, 6) is 5.76. The van der Waals surface area contributed by atoms with Crippen molar-refractivity contribution in [1.82, 2.24) is 5.32 Å². The second kappa shape index (κ2) is 7.60. The first-order chi connectivity index (χ1) is 9.84. The normalized spacial score (nSPS) is 9.80. The first-order valence-electron chi connectivity index (χ1n) is 6.39. The molecule has 0 aromatic heterocycles. The predicted molar refractivity (Wildman–Crippen MR) is 81.8 cm³/mol. The molecule has 0 saturated heterocycles. The van der Waals surface area contributed by atoms with Gasteiger partial charge in [0.05, 0.1) is 6.54 Å². The highest BCUT2D eigenvalue weighted by Crippen LogP contribution is 2.00. The minimum Gasteiger partial charge on any atom is -0.342 e. The Morgan fingerprint density at radius 1 is 1.00 bits per heavy atom. The third kappa shape index (κ3) is 4.83. The number of amides is 1. The third-order valence-electron chi connectivity index (χ3n) is 2.58. The van der Waals surface area contributed by atoms with E-state index in [4.69, 9.17) is 0 Å². The summed E-state index contributed by atoms with van der Waals surface area (Å²) >= 11 is 0. The zero-order valence-corrected chi connectivity index (χ0v) is 11.0. The van der Waals surface area contributed by atoms with Crippen LogP contribution in [0.25, 0.3) is 6.08 Å². The fraction of sp³-hybridized carbons (Fsp3) is 0.0556. The molecule has 0 saturated carbocycles.